The highest BCUT2D eigenvalue weighted by Crippen LogP contribution is 2.42. The maximum atomic E-state index is 12.9. The van der Waals surface area contributed by atoms with Crippen LogP contribution in [0.15, 0.2) is 54.9 Å². The molecule has 2 fully saturated rings. The first-order chi connectivity index (χ1) is 14.6. The minimum absolute atomic E-state index is 0.0112. The highest BCUT2D eigenvalue weighted by molar-refractivity contribution is 5.98. The second-order valence-corrected chi connectivity index (χ2v) is 8.11. The lowest BCUT2D eigenvalue weighted by Crippen LogP contribution is -2.66. The van der Waals surface area contributed by atoms with Gasteiger partial charge in [0.2, 0.25) is 0 Å². The van der Waals surface area contributed by atoms with Gasteiger partial charge in [-0.05, 0) is 43.0 Å². The van der Waals surface area contributed by atoms with Gasteiger partial charge in [0.25, 0.3) is 11.8 Å². The fourth-order valence-corrected chi connectivity index (χ4v) is 4.61. The van der Waals surface area contributed by atoms with Gasteiger partial charge in [0.1, 0.15) is 11.3 Å². The summed E-state index contributed by atoms with van der Waals surface area (Å²) < 4.78 is 6.08. The van der Waals surface area contributed by atoms with Gasteiger partial charge in [0, 0.05) is 42.0 Å². The monoisotopic (exact) mass is 404 g/mol. The summed E-state index contributed by atoms with van der Waals surface area (Å²) in [5, 5.41) is 4.02. The topological polar surface area (TPSA) is 87.3 Å². The number of aromatic amines is 1. The van der Waals surface area contributed by atoms with Crippen molar-refractivity contribution in [3.8, 4) is 0 Å². The van der Waals surface area contributed by atoms with E-state index >= 15 is 0 Å². The number of amides is 2. The lowest BCUT2D eigenvalue weighted by atomic mass is 9.78. The molecule has 4 heterocycles. The van der Waals surface area contributed by atoms with E-state index in [1.807, 2.05) is 35.2 Å². The van der Waals surface area contributed by atoms with Crippen molar-refractivity contribution in [1.29, 1.82) is 0 Å². The Hall–Kier alpha value is -3.19. The molecule has 2 saturated heterocycles. The number of hydrogen-bond donors (Lipinski definition) is 2. The minimum atomic E-state index is -0.275. The lowest BCUT2D eigenvalue weighted by molar-refractivity contribution is -0.118. The number of hydrogen-bond acceptors (Lipinski definition) is 4. The third-order valence-corrected chi connectivity index (χ3v) is 6.29. The second kappa shape index (κ2) is 7.57. The van der Waals surface area contributed by atoms with Crippen LogP contribution < -0.4 is 5.32 Å². The highest BCUT2D eigenvalue weighted by atomic mass is 16.5. The van der Waals surface area contributed by atoms with Gasteiger partial charge in [-0.25, -0.2) is 0 Å². The molecule has 0 bridgehead atoms. The van der Waals surface area contributed by atoms with Crippen molar-refractivity contribution in [1.82, 2.24) is 20.2 Å². The van der Waals surface area contributed by atoms with Gasteiger partial charge in [0.15, 0.2) is 0 Å². The molecule has 5 rings (SSSR count). The van der Waals surface area contributed by atoms with E-state index in [2.05, 4.69) is 15.3 Å². The average molecular weight is 404 g/mol. The molecule has 2 aliphatic heterocycles. The summed E-state index contributed by atoms with van der Waals surface area (Å²) in [4.78, 5) is 34.1. The molecule has 0 unspecified atom stereocenters. The lowest BCUT2D eigenvalue weighted by Gasteiger charge is -2.50. The van der Waals surface area contributed by atoms with Gasteiger partial charge in [0.05, 0.1) is 13.1 Å². The quantitative estimate of drug-likeness (QED) is 0.684. The first-order valence-corrected chi connectivity index (χ1v) is 10.3. The molecule has 2 amide bonds. The molecule has 7 nitrogen and oxygen atoms in total. The number of carbonyl (C=O) groups is 2. The van der Waals surface area contributed by atoms with Gasteiger partial charge >= 0.3 is 0 Å². The van der Waals surface area contributed by atoms with Gasteiger partial charge in [-0.2, -0.15) is 0 Å². The van der Waals surface area contributed by atoms with Crippen LogP contribution >= 0.6 is 0 Å². The molecule has 3 aromatic rings. The van der Waals surface area contributed by atoms with Crippen molar-refractivity contribution in [2.75, 3.05) is 26.2 Å². The van der Waals surface area contributed by atoms with Gasteiger partial charge in [-0.15, -0.1) is 0 Å². The Morgan fingerprint density at radius 2 is 2.00 bits per heavy atom. The first kappa shape index (κ1) is 18.8. The van der Waals surface area contributed by atoms with Crippen LogP contribution in [0.3, 0.4) is 0 Å². The Balaban J connectivity index is 1.17. The molecule has 1 spiro atoms. The standard InChI is InChI=1S/C23H24N4O3/c28-21(16-5-9-24-10-6-16)25-11-7-18-8-12-30-23(18)14-27(15-23)22(29)20-13-17-3-1-2-4-19(17)26-20/h1-6,9-10,13,18,26H,7-8,11-12,14-15H2,(H,25,28)/t18-/m1/s1. The molecule has 0 aliphatic carbocycles. The van der Waals surface area contributed by atoms with Crippen LogP contribution in [0.25, 0.3) is 10.9 Å². The normalized spacial score (nSPS) is 19.7. The van der Waals surface area contributed by atoms with Crippen LogP contribution in [-0.2, 0) is 4.74 Å². The zero-order valence-corrected chi connectivity index (χ0v) is 16.6. The summed E-state index contributed by atoms with van der Waals surface area (Å²) in [6, 6.07) is 13.2. The summed E-state index contributed by atoms with van der Waals surface area (Å²) in [5.41, 5.74) is 1.92. The SMILES string of the molecule is O=C(NCC[C@@H]1CCOC12CN(C(=O)c1cc3ccccc3[nH]1)C2)c1ccncc1. The molecular weight excluding hydrogens is 380 g/mol. The van der Waals surface area contributed by atoms with Crippen molar-refractivity contribution in [2.45, 2.75) is 18.4 Å². The molecule has 154 valence electrons. The fraction of sp³-hybridized carbons (Fsp3) is 0.348. The number of pyridine rings is 1. The summed E-state index contributed by atoms with van der Waals surface area (Å²) in [6.45, 7) is 2.50. The van der Waals surface area contributed by atoms with Crippen LogP contribution in [0.2, 0.25) is 0 Å². The Morgan fingerprint density at radius 1 is 1.20 bits per heavy atom. The van der Waals surface area contributed by atoms with Crippen molar-refractivity contribution in [3.63, 3.8) is 0 Å². The Morgan fingerprint density at radius 3 is 2.80 bits per heavy atom. The van der Waals surface area contributed by atoms with E-state index < -0.39 is 0 Å². The van der Waals surface area contributed by atoms with Gasteiger partial charge in [-0.3, -0.25) is 14.6 Å². The number of H-pyrrole nitrogens is 1. The van der Waals surface area contributed by atoms with E-state index in [0.29, 0.717) is 43.4 Å². The maximum absolute atomic E-state index is 12.9. The van der Waals surface area contributed by atoms with E-state index in [4.69, 9.17) is 4.74 Å². The van der Waals surface area contributed by atoms with E-state index in [0.717, 1.165) is 23.7 Å². The van der Waals surface area contributed by atoms with E-state index in [-0.39, 0.29) is 17.4 Å². The number of nitrogens with one attached hydrogen (secondary N) is 2. The molecule has 1 atom stereocenters. The highest BCUT2D eigenvalue weighted by Gasteiger charge is 2.54. The number of benzene rings is 1. The van der Waals surface area contributed by atoms with Gasteiger partial charge in [-0.1, -0.05) is 18.2 Å². The summed E-state index contributed by atoms with van der Waals surface area (Å²) >= 11 is 0. The molecule has 1 aromatic carbocycles. The number of likely N-dealkylation sites (tertiary alicyclic amines) is 1. The van der Waals surface area contributed by atoms with E-state index in [1.165, 1.54) is 0 Å². The zero-order chi connectivity index (χ0) is 20.6. The number of para-hydroxylation sites is 1. The number of aromatic nitrogens is 2. The summed E-state index contributed by atoms with van der Waals surface area (Å²) in [5.74, 6) is 0.258. The smallest absolute Gasteiger partial charge is 0.270 e. The van der Waals surface area contributed by atoms with Crippen molar-refractivity contribution in [2.24, 2.45) is 5.92 Å². The zero-order valence-electron chi connectivity index (χ0n) is 16.6. The second-order valence-electron chi connectivity index (χ2n) is 8.11. The average Bonchev–Trinajstić information content (AvgIpc) is 3.37. The molecular formula is C23H24N4O3. The largest absolute Gasteiger partial charge is 0.371 e. The predicted octanol–water partition coefficient (Wildman–Crippen LogP) is 2.61. The van der Waals surface area contributed by atoms with Crippen LogP contribution in [0.1, 0.15) is 33.7 Å². The number of fused-ring (bicyclic) bond motifs is 1. The maximum Gasteiger partial charge on any atom is 0.270 e. The molecule has 0 radical (unpaired) electrons. The van der Waals surface area contributed by atoms with Crippen molar-refractivity contribution >= 4 is 22.7 Å². The summed E-state index contributed by atoms with van der Waals surface area (Å²) in [6.07, 6.45) is 5.02. The molecule has 2 N–H and O–H groups in total. The number of carbonyl (C=O) groups excluding carboxylic acids is 2. The predicted molar refractivity (Wildman–Crippen MR) is 112 cm³/mol. The van der Waals surface area contributed by atoms with Gasteiger partial charge < -0.3 is 19.9 Å². The fourth-order valence-electron chi connectivity index (χ4n) is 4.61. The summed E-state index contributed by atoms with van der Waals surface area (Å²) in [7, 11) is 0. The van der Waals surface area contributed by atoms with Crippen molar-refractivity contribution in [3.05, 3.63) is 66.1 Å². The minimum Gasteiger partial charge on any atom is -0.371 e. The van der Waals surface area contributed by atoms with Crippen LogP contribution in [-0.4, -0.2) is 58.5 Å². The van der Waals surface area contributed by atoms with Crippen LogP contribution in [0.5, 0.6) is 0 Å². The number of nitrogens with zero attached hydrogens (tertiary/aromatic N) is 2. The van der Waals surface area contributed by atoms with Crippen LogP contribution in [0.4, 0.5) is 0 Å². The molecule has 2 aromatic heterocycles. The number of rotatable bonds is 5. The van der Waals surface area contributed by atoms with E-state index in [1.54, 1.807) is 24.5 Å². The first-order valence-electron chi connectivity index (χ1n) is 10.3. The molecule has 30 heavy (non-hydrogen) atoms. The Bertz CT molecular complexity index is 1040. The Kier molecular flexibility index (Phi) is 4.75. The van der Waals surface area contributed by atoms with Crippen molar-refractivity contribution < 1.29 is 14.3 Å². The number of ether oxygens (including phenoxy) is 1. The Labute approximate surface area is 174 Å². The van der Waals surface area contributed by atoms with E-state index in [9.17, 15) is 9.59 Å². The molecule has 2 aliphatic rings. The van der Waals surface area contributed by atoms with Crippen LogP contribution in [0, 0.1) is 5.92 Å². The molecule has 0 saturated carbocycles. The molecule has 7 heteroatoms. The third-order valence-electron chi connectivity index (χ3n) is 6.29. The third kappa shape index (κ3) is 3.35.